The number of carbonyl (C=O) groups is 1. The fraction of sp³-hybridized carbons (Fsp3) is 0.409. The van der Waals surface area contributed by atoms with Crippen molar-refractivity contribution in [2.24, 2.45) is 0 Å². The van der Waals surface area contributed by atoms with Gasteiger partial charge in [0.2, 0.25) is 15.9 Å². The average Bonchev–Trinajstić information content (AvgIpc) is 2.63. The number of amides is 1. The molecule has 2 aromatic rings. The van der Waals surface area contributed by atoms with Gasteiger partial charge in [-0.2, -0.15) is 4.31 Å². The molecule has 0 unspecified atom stereocenters. The number of ether oxygens (including phenoxy) is 1. The molecule has 0 radical (unpaired) electrons. The van der Waals surface area contributed by atoms with E-state index in [-0.39, 0.29) is 25.0 Å². The topological polar surface area (TPSA) is 75.7 Å². The van der Waals surface area contributed by atoms with Crippen LogP contribution in [0.4, 0.5) is 0 Å². The molecule has 0 aliphatic heterocycles. The maximum absolute atomic E-state index is 12.4. The Kier molecular flexibility index (Phi) is 7.81. The van der Waals surface area contributed by atoms with Gasteiger partial charge in [0.05, 0.1) is 18.8 Å². The Morgan fingerprint density at radius 3 is 2.31 bits per heavy atom. The summed E-state index contributed by atoms with van der Waals surface area (Å²) in [5.74, 6) is 0.380. The Hall–Kier alpha value is -2.38. The molecule has 0 saturated carbocycles. The van der Waals surface area contributed by atoms with Crippen LogP contribution >= 0.6 is 0 Å². The van der Waals surface area contributed by atoms with Gasteiger partial charge in [0.1, 0.15) is 12.4 Å². The lowest BCUT2D eigenvalue weighted by atomic mass is 10.1. The summed E-state index contributed by atoms with van der Waals surface area (Å²) in [5.41, 5.74) is 4.25. The minimum atomic E-state index is -3.53. The fourth-order valence-electron chi connectivity index (χ4n) is 2.73. The van der Waals surface area contributed by atoms with E-state index in [0.29, 0.717) is 6.61 Å². The van der Waals surface area contributed by atoms with Crippen molar-refractivity contribution in [3.63, 3.8) is 0 Å². The molecule has 29 heavy (non-hydrogen) atoms. The summed E-state index contributed by atoms with van der Waals surface area (Å²) in [6.07, 6.45) is 1.11. The lowest BCUT2D eigenvalue weighted by Gasteiger charge is -2.21. The highest BCUT2D eigenvalue weighted by atomic mass is 32.2. The lowest BCUT2D eigenvalue weighted by Crippen LogP contribution is -2.44. The Balaban J connectivity index is 1.91. The van der Waals surface area contributed by atoms with E-state index in [0.717, 1.165) is 28.7 Å². The molecule has 0 fully saturated rings. The number of carbonyl (C=O) groups excluding carboxylic acids is 1. The number of hydrogen-bond acceptors (Lipinski definition) is 4. The van der Waals surface area contributed by atoms with Gasteiger partial charge < -0.3 is 10.1 Å². The van der Waals surface area contributed by atoms with Crippen molar-refractivity contribution < 1.29 is 17.9 Å². The fourth-order valence-corrected chi connectivity index (χ4v) is 3.47. The predicted octanol–water partition coefficient (Wildman–Crippen LogP) is 2.96. The Labute approximate surface area is 173 Å². The van der Waals surface area contributed by atoms with Crippen molar-refractivity contribution in [2.45, 2.75) is 40.3 Å². The maximum atomic E-state index is 12.4. The first kappa shape index (κ1) is 22.9. The largest absolute Gasteiger partial charge is 0.491 e. The van der Waals surface area contributed by atoms with E-state index in [1.54, 1.807) is 0 Å². The van der Waals surface area contributed by atoms with E-state index in [2.05, 4.69) is 5.32 Å². The smallest absolute Gasteiger partial charge is 0.235 e. The van der Waals surface area contributed by atoms with Gasteiger partial charge >= 0.3 is 0 Å². The summed E-state index contributed by atoms with van der Waals surface area (Å²) in [5, 5.41) is 2.80. The number of nitrogens with one attached hydrogen (secondary N) is 1. The highest BCUT2D eigenvalue weighted by Gasteiger charge is 2.21. The van der Waals surface area contributed by atoms with Crippen molar-refractivity contribution in [1.82, 2.24) is 9.62 Å². The van der Waals surface area contributed by atoms with E-state index in [4.69, 9.17) is 4.74 Å². The monoisotopic (exact) mass is 418 g/mol. The van der Waals surface area contributed by atoms with E-state index in [9.17, 15) is 13.2 Å². The molecule has 0 spiro atoms. The highest BCUT2D eigenvalue weighted by molar-refractivity contribution is 7.88. The van der Waals surface area contributed by atoms with Gasteiger partial charge in [0.25, 0.3) is 0 Å². The third kappa shape index (κ3) is 7.51. The zero-order chi connectivity index (χ0) is 21.6. The average molecular weight is 419 g/mol. The van der Waals surface area contributed by atoms with Crippen molar-refractivity contribution in [3.8, 4) is 5.75 Å². The zero-order valence-electron chi connectivity index (χ0n) is 17.7. The maximum Gasteiger partial charge on any atom is 0.235 e. The SMILES string of the molecule is Cc1ccc(CN(CC(=O)N[C@H](C)COc2ccc(C)c(C)c2)S(C)(=O)=O)cc1. The number of rotatable bonds is 9. The van der Waals surface area contributed by atoms with Crippen LogP contribution in [0.2, 0.25) is 0 Å². The molecule has 2 rings (SSSR count). The third-order valence-electron chi connectivity index (χ3n) is 4.65. The summed E-state index contributed by atoms with van der Waals surface area (Å²) >= 11 is 0. The number of hydrogen-bond donors (Lipinski definition) is 1. The van der Waals surface area contributed by atoms with E-state index in [1.165, 1.54) is 9.87 Å². The van der Waals surface area contributed by atoms with Crippen LogP contribution in [0.25, 0.3) is 0 Å². The molecule has 0 aliphatic rings. The minimum absolute atomic E-state index is 0.153. The molecule has 158 valence electrons. The van der Waals surface area contributed by atoms with Gasteiger partial charge in [-0.1, -0.05) is 35.9 Å². The van der Waals surface area contributed by atoms with Crippen molar-refractivity contribution in [2.75, 3.05) is 19.4 Å². The zero-order valence-corrected chi connectivity index (χ0v) is 18.5. The normalized spacial score (nSPS) is 12.6. The van der Waals surface area contributed by atoms with Crippen LogP contribution in [0, 0.1) is 20.8 Å². The highest BCUT2D eigenvalue weighted by Crippen LogP contribution is 2.16. The second kappa shape index (κ2) is 9.89. The summed E-state index contributed by atoms with van der Waals surface area (Å²) in [6, 6.07) is 13.1. The molecule has 7 heteroatoms. The van der Waals surface area contributed by atoms with Crippen molar-refractivity contribution >= 4 is 15.9 Å². The Morgan fingerprint density at radius 1 is 1.07 bits per heavy atom. The molecule has 0 aromatic heterocycles. The van der Waals surface area contributed by atoms with Crippen LogP contribution in [-0.4, -0.2) is 44.1 Å². The molecular formula is C22H30N2O4S. The molecule has 0 bridgehead atoms. The van der Waals surface area contributed by atoms with E-state index >= 15 is 0 Å². The Bertz CT molecular complexity index is 940. The molecule has 0 saturated heterocycles. The second-order valence-electron chi connectivity index (χ2n) is 7.54. The van der Waals surface area contributed by atoms with Gasteiger partial charge in [-0.25, -0.2) is 8.42 Å². The molecule has 0 aliphatic carbocycles. The summed E-state index contributed by atoms with van der Waals surface area (Å²) < 4.78 is 31.1. The number of nitrogens with zero attached hydrogens (tertiary/aromatic N) is 1. The van der Waals surface area contributed by atoms with Crippen LogP contribution in [0.5, 0.6) is 5.75 Å². The lowest BCUT2D eigenvalue weighted by molar-refractivity contribution is -0.122. The van der Waals surface area contributed by atoms with Gasteiger partial charge in [-0.15, -0.1) is 0 Å². The first-order valence-electron chi connectivity index (χ1n) is 9.54. The summed E-state index contributed by atoms with van der Waals surface area (Å²) in [4.78, 5) is 12.4. The van der Waals surface area contributed by atoms with Crippen LogP contribution in [0.1, 0.15) is 29.2 Å². The standard InChI is InChI=1S/C22H30N2O4S/c1-16-6-9-20(10-7-16)13-24(29(5,26)27)14-22(25)23-19(4)15-28-21-11-8-17(2)18(3)12-21/h6-12,19H,13-15H2,1-5H3,(H,23,25)/t19-/m1/s1. The molecule has 2 aromatic carbocycles. The van der Waals surface area contributed by atoms with E-state index in [1.807, 2.05) is 70.2 Å². The third-order valence-corrected chi connectivity index (χ3v) is 5.85. The molecule has 1 atom stereocenters. The minimum Gasteiger partial charge on any atom is -0.491 e. The van der Waals surface area contributed by atoms with Gasteiger partial charge in [-0.3, -0.25) is 4.79 Å². The second-order valence-corrected chi connectivity index (χ2v) is 9.52. The van der Waals surface area contributed by atoms with Crippen LogP contribution < -0.4 is 10.1 Å². The molecule has 0 heterocycles. The quantitative estimate of drug-likeness (QED) is 0.679. The number of aryl methyl sites for hydroxylation is 3. The van der Waals surface area contributed by atoms with Crippen LogP contribution in [0.15, 0.2) is 42.5 Å². The molecule has 1 amide bonds. The first-order valence-corrected chi connectivity index (χ1v) is 11.4. The van der Waals surface area contributed by atoms with E-state index < -0.39 is 10.0 Å². The molecule has 6 nitrogen and oxygen atoms in total. The predicted molar refractivity (Wildman–Crippen MR) is 115 cm³/mol. The van der Waals surface area contributed by atoms with Crippen LogP contribution in [0.3, 0.4) is 0 Å². The van der Waals surface area contributed by atoms with Gasteiger partial charge in [0, 0.05) is 6.54 Å². The summed E-state index contributed by atoms with van der Waals surface area (Å²) in [7, 11) is -3.53. The Morgan fingerprint density at radius 2 is 1.72 bits per heavy atom. The first-order chi connectivity index (χ1) is 13.5. The summed E-state index contributed by atoms with van der Waals surface area (Å²) in [6.45, 7) is 8.05. The number of benzene rings is 2. The van der Waals surface area contributed by atoms with Gasteiger partial charge in [0.15, 0.2) is 0 Å². The van der Waals surface area contributed by atoms with Crippen LogP contribution in [-0.2, 0) is 21.4 Å². The number of sulfonamides is 1. The van der Waals surface area contributed by atoms with Crippen molar-refractivity contribution in [3.05, 3.63) is 64.7 Å². The molecule has 1 N–H and O–H groups in total. The van der Waals surface area contributed by atoms with Crippen molar-refractivity contribution in [1.29, 1.82) is 0 Å². The van der Waals surface area contributed by atoms with Gasteiger partial charge in [-0.05, 0) is 56.5 Å². The molecular weight excluding hydrogens is 388 g/mol.